The monoisotopic (exact) mass is 654 g/mol. The van der Waals surface area contributed by atoms with Crippen LogP contribution >= 0.6 is 19.3 Å². The van der Waals surface area contributed by atoms with E-state index in [4.69, 9.17) is 30.1 Å². The molecule has 240 valence electrons. The zero-order valence-corrected chi connectivity index (χ0v) is 26.7. The Morgan fingerprint density at radius 3 is 2.64 bits per heavy atom. The number of fused-ring (bicyclic) bond motifs is 1. The Hall–Kier alpha value is -2.87. The number of aliphatic hydroxyl groups excluding tert-OH is 1. The number of aryl methyl sites for hydroxylation is 1. The molecule has 5 rings (SSSR count). The van der Waals surface area contributed by atoms with Gasteiger partial charge in [-0.05, 0) is 52.7 Å². The number of hydrogen-bond acceptors (Lipinski definition) is 11. The van der Waals surface area contributed by atoms with Crippen molar-refractivity contribution >= 4 is 42.3 Å². The third kappa shape index (κ3) is 6.70. The minimum atomic E-state index is -4.36. The lowest BCUT2D eigenvalue weighted by Gasteiger charge is -2.31. The number of ether oxygens (including phenoxy) is 2. The van der Waals surface area contributed by atoms with Gasteiger partial charge in [0.15, 0.2) is 29.4 Å². The fraction of sp³-hybridized carbons (Fsp3) is 0.571. The van der Waals surface area contributed by atoms with Gasteiger partial charge in [-0.2, -0.15) is 5.09 Å². The number of hydrogen-bond donors (Lipinski definition) is 2. The number of anilines is 1. The molecule has 2 N–H and O–H groups in total. The molecule has 6 atom stereocenters. The zero-order chi connectivity index (χ0) is 31.8. The second kappa shape index (κ2) is 12.9. The van der Waals surface area contributed by atoms with Crippen LogP contribution in [0.25, 0.3) is 11.2 Å². The van der Waals surface area contributed by atoms with Gasteiger partial charge in [0.2, 0.25) is 0 Å². The summed E-state index contributed by atoms with van der Waals surface area (Å²) >= 11 is 6.29. The number of nitrogens with zero attached hydrogens (tertiary/aromatic N) is 5. The smallest absolute Gasteiger partial charge is 0.459 e. The Bertz CT molecular complexity index is 1530. The summed E-state index contributed by atoms with van der Waals surface area (Å²) in [6.07, 6.45) is -2.15. The van der Waals surface area contributed by atoms with E-state index in [9.17, 15) is 14.5 Å². The molecule has 13 nitrogen and oxygen atoms in total. The largest absolute Gasteiger partial charge is 0.462 e. The minimum absolute atomic E-state index is 0.175. The Labute approximate surface area is 259 Å². The van der Waals surface area contributed by atoms with Gasteiger partial charge >= 0.3 is 13.7 Å². The summed E-state index contributed by atoms with van der Waals surface area (Å²) in [5, 5.41) is 13.7. The normalized spacial score (nSPS) is 25.6. The van der Waals surface area contributed by atoms with E-state index in [0.717, 1.165) is 12.8 Å². The van der Waals surface area contributed by atoms with E-state index >= 15 is 4.39 Å². The van der Waals surface area contributed by atoms with Crippen LogP contribution < -0.4 is 14.5 Å². The molecule has 44 heavy (non-hydrogen) atoms. The maximum absolute atomic E-state index is 15.9. The molecule has 3 heterocycles. The lowest BCUT2D eigenvalue weighted by molar-refractivity contribution is -0.149. The van der Waals surface area contributed by atoms with Crippen LogP contribution in [-0.4, -0.2) is 86.2 Å². The van der Waals surface area contributed by atoms with Crippen molar-refractivity contribution in [1.82, 2.24) is 24.6 Å². The van der Waals surface area contributed by atoms with Crippen LogP contribution in [-0.2, 0) is 23.4 Å². The molecular formula is C28H37ClFN6O7P. The highest BCUT2D eigenvalue weighted by Crippen LogP contribution is 2.49. The quantitative estimate of drug-likeness (QED) is 0.155. The summed E-state index contributed by atoms with van der Waals surface area (Å²) < 4.78 is 54.0. The average molecular weight is 655 g/mol. The highest BCUT2D eigenvalue weighted by atomic mass is 35.5. The molecule has 1 aromatic carbocycles. The minimum Gasteiger partial charge on any atom is -0.462 e. The van der Waals surface area contributed by atoms with E-state index in [1.165, 1.54) is 17.8 Å². The van der Waals surface area contributed by atoms with Gasteiger partial charge in [-0.25, -0.2) is 23.9 Å². The number of imidazole rings is 1. The van der Waals surface area contributed by atoms with Crippen molar-refractivity contribution in [1.29, 1.82) is 0 Å². The van der Waals surface area contributed by atoms with Gasteiger partial charge in [0.05, 0.1) is 24.9 Å². The van der Waals surface area contributed by atoms with Crippen molar-refractivity contribution in [2.75, 3.05) is 24.4 Å². The number of rotatable bonds is 13. The third-order valence-electron chi connectivity index (χ3n) is 7.42. The van der Waals surface area contributed by atoms with Crippen molar-refractivity contribution in [3.63, 3.8) is 0 Å². The van der Waals surface area contributed by atoms with Gasteiger partial charge in [0.25, 0.3) is 0 Å². The summed E-state index contributed by atoms with van der Waals surface area (Å²) in [5.41, 5.74) is -1.08. The number of para-hydroxylation sites is 1. The summed E-state index contributed by atoms with van der Waals surface area (Å²) in [6, 6.07) is 7.38. The van der Waals surface area contributed by atoms with E-state index in [0.29, 0.717) is 28.8 Å². The topological polar surface area (TPSA) is 150 Å². The second-order valence-electron chi connectivity index (χ2n) is 11.4. The summed E-state index contributed by atoms with van der Waals surface area (Å²) in [4.78, 5) is 28.0. The molecular weight excluding hydrogens is 618 g/mol. The van der Waals surface area contributed by atoms with Crippen molar-refractivity contribution in [3.05, 3.63) is 42.5 Å². The summed E-state index contributed by atoms with van der Waals surface area (Å²) in [6.45, 7) is 5.86. The van der Waals surface area contributed by atoms with Crippen LogP contribution in [0.5, 0.6) is 5.75 Å². The Balaban J connectivity index is 1.41. The zero-order valence-electron chi connectivity index (χ0n) is 25.1. The molecule has 2 fully saturated rings. The summed E-state index contributed by atoms with van der Waals surface area (Å²) in [5.74, 6) is 0.124. The van der Waals surface area contributed by atoms with Gasteiger partial charge in [-0.3, -0.25) is 13.9 Å². The van der Waals surface area contributed by atoms with Crippen LogP contribution in [0.1, 0.15) is 45.7 Å². The highest BCUT2D eigenvalue weighted by Gasteiger charge is 2.57. The lowest BCUT2D eigenvalue weighted by Crippen LogP contribution is -2.48. The average Bonchev–Trinajstić information content (AvgIpc) is 3.71. The predicted molar refractivity (Wildman–Crippen MR) is 160 cm³/mol. The first-order valence-corrected chi connectivity index (χ1v) is 16.4. The van der Waals surface area contributed by atoms with Gasteiger partial charge in [0, 0.05) is 13.1 Å². The van der Waals surface area contributed by atoms with E-state index < -0.39 is 62.5 Å². The maximum Gasteiger partial charge on any atom is 0.459 e. The van der Waals surface area contributed by atoms with Gasteiger partial charge in [0.1, 0.15) is 29.3 Å². The SMILES string of the molecule is Cc1nc(N(C)C2CC2)c2ncn([C@@H]3O[C@](CCl)(COP(=O)(N[C@@H](C)C(=O)OC(C)C)Oc4ccccc4)[C@@H](O)[C@@H]3F)c2n1. The van der Waals surface area contributed by atoms with Crippen molar-refractivity contribution in [2.24, 2.45) is 0 Å². The lowest BCUT2D eigenvalue weighted by atomic mass is 9.99. The van der Waals surface area contributed by atoms with Crippen LogP contribution in [0.4, 0.5) is 10.2 Å². The standard InChI is InChI=1S/C28H37ClFN6O7P/c1-16(2)41-27(38)17(3)34-44(39,43-20-9-7-6-8-10-20)40-14-28(13-29)23(37)21(30)26(42-28)36-15-31-22-24(35(5)19-11-12-19)32-18(4)33-25(22)36/h6-10,15-17,19,21,23,26,37H,11-14H2,1-5H3,(H,34,39)/t17-,21-,23-,26+,28+,44?/m0/s1. The predicted octanol–water partition coefficient (Wildman–Crippen LogP) is 4.07. The number of aromatic nitrogens is 4. The van der Waals surface area contributed by atoms with E-state index in [2.05, 4.69) is 20.0 Å². The first-order valence-electron chi connectivity index (χ1n) is 14.3. The maximum atomic E-state index is 15.9. The van der Waals surface area contributed by atoms with Crippen LogP contribution in [0.15, 0.2) is 36.7 Å². The third-order valence-corrected chi connectivity index (χ3v) is 9.49. The van der Waals surface area contributed by atoms with Crippen LogP contribution in [0, 0.1) is 6.92 Å². The van der Waals surface area contributed by atoms with Crippen molar-refractivity contribution < 1.29 is 37.4 Å². The Kier molecular flexibility index (Phi) is 9.50. The molecule has 1 aliphatic carbocycles. The van der Waals surface area contributed by atoms with Gasteiger partial charge in [-0.1, -0.05) is 18.2 Å². The van der Waals surface area contributed by atoms with E-state index in [-0.39, 0.29) is 5.75 Å². The molecule has 1 saturated heterocycles. The number of carbonyl (C=O) groups excluding carboxylic acids is 1. The number of aliphatic hydroxyl groups is 1. The van der Waals surface area contributed by atoms with E-state index in [1.807, 2.05) is 11.9 Å². The highest BCUT2D eigenvalue weighted by molar-refractivity contribution is 7.52. The molecule has 0 bridgehead atoms. The molecule has 0 spiro atoms. The number of benzene rings is 1. The number of alkyl halides is 2. The molecule has 0 amide bonds. The number of nitrogens with one attached hydrogen (secondary N) is 1. The van der Waals surface area contributed by atoms with Crippen LogP contribution in [0.2, 0.25) is 0 Å². The second-order valence-corrected chi connectivity index (χ2v) is 13.3. The molecule has 2 aliphatic rings. The van der Waals surface area contributed by atoms with Crippen molar-refractivity contribution in [3.8, 4) is 5.75 Å². The molecule has 1 saturated carbocycles. The molecule has 0 radical (unpaired) electrons. The molecule has 3 aromatic rings. The number of esters is 1. The Morgan fingerprint density at radius 1 is 1.30 bits per heavy atom. The first kappa shape index (κ1) is 32.5. The van der Waals surface area contributed by atoms with E-state index in [1.54, 1.807) is 51.1 Å². The van der Waals surface area contributed by atoms with Crippen molar-refractivity contribution in [2.45, 2.75) is 82.8 Å². The molecule has 2 aromatic heterocycles. The fourth-order valence-corrected chi connectivity index (χ4v) is 6.75. The Morgan fingerprint density at radius 2 is 2.00 bits per heavy atom. The first-order chi connectivity index (χ1) is 20.9. The van der Waals surface area contributed by atoms with Gasteiger partial charge < -0.3 is 24.0 Å². The molecule has 1 unspecified atom stereocenters. The molecule has 1 aliphatic heterocycles. The summed E-state index contributed by atoms with van der Waals surface area (Å²) in [7, 11) is -2.44. The van der Waals surface area contributed by atoms with Crippen LogP contribution in [0.3, 0.4) is 0 Å². The van der Waals surface area contributed by atoms with Gasteiger partial charge in [-0.15, -0.1) is 11.6 Å². The number of carbonyl (C=O) groups is 1. The molecule has 16 heteroatoms. The number of halogens is 2. The fourth-order valence-electron chi connectivity index (χ4n) is 4.90.